The van der Waals surface area contributed by atoms with Crippen LogP contribution >= 0.6 is 0 Å². The first kappa shape index (κ1) is 14.7. The molecule has 0 radical (unpaired) electrons. The Labute approximate surface area is 119 Å². The van der Waals surface area contributed by atoms with E-state index in [1.54, 1.807) is 25.3 Å². The van der Waals surface area contributed by atoms with Crippen molar-refractivity contribution in [3.63, 3.8) is 0 Å². The van der Waals surface area contributed by atoms with Crippen LogP contribution < -0.4 is 20.1 Å². The number of para-hydroxylation sites is 1. The number of methoxy groups -OCH3 is 1. The highest BCUT2D eigenvalue weighted by Crippen LogP contribution is 2.34. The van der Waals surface area contributed by atoms with Crippen molar-refractivity contribution in [3.8, 4) is 11.5 Å². The second-order valence-electron chi connectivity index (χ2n) is 4.81. The molecule has 0 spiro atoms. The van der Waals surface area contributed by atoms with Crippen molar-refractivity contribution >= 4 is 5.91 Å². The van der Waals surface area contributed by atoms with Crippen molar-refractivity contribution in [2.75, 3.05) is 20.2 Å². The number of carbonyl (C=O) groups excluding carboxylic acids is 1. The Balaban J connectivity index is 1.94. The van der Waals surface area contributed by atoms with Gasteiger partial charge in [-0.3, -0.25) is 4.79 Å². The van der Waals surface area contributed by atoms with Gasteiger partial charge in [-0.1, -0.05) is 13.0 Å². The summed E-state index contributed by atoms with van der Waals surface area (Å²) in [6, 6.07) is 5.33. The molecule has 110 valence electrons. The molecule has 1 aromatic rings. The summed E-state index contributed by atoms with van der Waals surface area (Å²) in [5.74, 6) is 1.05. The minimum Gasteiger partial charge on any atom is -0.493 e. The topological polar surface area (TPSA) is 59.6 Å². The second kappa shape index (κ2) is 7.14. The molecule has 0 aliphatic carbocycles. The summed E-state index contributed by atoms with van der Waals surface area (Å²) < 4.78 is 11.1. The molecule has 1 atom stereocenters. The fraction of sp³-hybridized carbons (Fsp3) is 0.533. The number of hydrogen-bond donors (Lipinski definition) is 2. The van der Waals surface area contributed by atoms with Gasteiger partial charge >= 0.3 is 0 Å². The van der Waals surface area contributed by atoms with Crippen LogP contribution in [0.5, 0.6) is 11.5 Å². The molecular formula is C15H22N2O3. The normalized spacial score (nSPS) is 17.1. The van der Waals surface area contributed by atoms with E-state index in [0.717, 1.165) is 32.4 Å². The quantitative estimate of drug-likeness (QED) is 0.748. The molecule has 0 bridgehead atoms. The summed E-state index contributed by atoms with van der Waals surface area (Å²) >= 11 is 0. The molecule has 2 rings (SSSR count). The van der Waals surface area contributed by atoms with Gasteiger partial charge in [-0.2, -0.15) is 0 Å². The molecule has 0 fully saturated rings. The zero-order valence-electron chi connectivity index (χ0n) is 12.1. The molecule has 0 saturated carbocycles. The Morgan fingerprint density at radius 3 is 3.00 bits per heavy atom. The summed E-state index contributed by atoms with van der Waals surface area (Å²) in [5, 5.41) is 6.20. The van der Waals surface area contributed by atoms with Crippen LogP contribution in [0.3, 0.4) is 0 Å². The maximum absolute atomic E-state index is 12.0. The zero-order chi connectivity index (χ0) is 14.4. The van der Waals surface area contributed by atoms with E-state index in [2.05, 4.69) is 17.6 Å². The molecule has 1 heterocycles. The first-order valence-corrected chi connectivity index (χ1v) is 7.11. The van der Waals surface area contributed by atoms with E-state index in [4.69, 9.17) is 9.47 Å². The van der Waals surface area contributed by atoms with Gasteiger partial charge in [0.05, 0.1) is 12.7 Å². The van der Waals surface area contributed by atoms with Crippen molar-refractivity contribution in [2.45, 2.75) is 32.4 Å². The van der Waals surface area contributed by atoms with Crippen LogP contribution in [0.15, 0.2) is 18.2 Å². The molecule has 2 N–H and O–H groups in total. The molecule has 1 amide bonds. The van der Waals surface area contributed by atoms with E-state index in [9.17, 15) is 4.79 Å². The largest absolute Gasteiger partial charge is 0.493 e. The second-order valence-corrected chi connectivity index (χ2v) is 4.81. The van der Waals surface area contributed by atoms with E-state index < -0.39 is 0 Å². The first-order chi connectivity index (χ1) is 9.76. The summed E-state index contributed by atoms with van der Waals surface area (Å²) in [7, 11) is 1.58. The summed E-state index contributed by atoms with van der Waals surface area (Å²) in [5.41, 5.74) is 0.532. The van der Waals surface area contributed by atoms with Gasteiger partial charge in [0.1, 0.15) is 0 Å². The predicted octanol–water partition coefficient (Wildman–Crippen LogP) is 1.92. The van der Waals surface area contributed by atoms with Crippen LogP contribution in [0.1, 0.15) is 36.5 Å². The lowest BCUT2D eigenvalue weighted by Gasteiger charge is -2.27. The van der Waals surface area contributed by atoms with Crippen molar-refractivity contribution in [3.05, 3.63) is 23.8 Å². The lowest BCUT2D eigenvalue weighted by Crippen LogP contribution is -2.43. The molecule has 5 heteroatoms. The van der Waals surface area contributed by atoms with Crippen molar-refractivity contribution in [1.29, 1.82) is 0 Å². The van der Waals surface area contributed by atoms with E-state index >= 15 is 0 Å². The third-order valence-corrected chi connectivity index (χ3v) is 3.24. The highest BCUT2D eigenvalue weighted by atomic mass is 16.5. The Morgan fingerprint density at radius 1 is 1.40 bits per heavy atom. The third-order valence-electron chi connectivity index (χ3n) is 3.24. The maximum atomic E-state index is 12.0. The smallest absolute Gasteiger partial charge is 0.257 e. The van der Waals surface area contributed by atoms with Crippen LogP contribution in [0.2, 0.25) is 0 Å². The molecule has 1 aliphatic rings. The summed E-state index contributed by atoms with van der Waals surface area (Å²) in [6.07, 6.45) is 2.58. The standard InChI is InChI=1S/C15H22N2O3/c1-3-9-16-10-5-8-13-17-15(18)11-6-4-7-12(19-2)14(11)20-13/h4,6-7,13,16H,3,5,8-10H2,1-2H3,(H,17,18). The van der Waals surface area contributed by atoms with Crippen LogP contribution in [0, 0.1) is 0 Å². The Hall–Kier alpha value is -1.75. The third kappa shape index (κ3) is 3.42. The Kier molecular flexibility index (Phi) is 5.24. The van der Waals surface area contributed by atoms with Crippen LogP contribution in [0.25, 0.3) is 0 Å². The average molecular weight is 278 g/mol. The minimum absolute atomic E-state index is 0.100. The van der Waals surface area contributed by atoms with Gasteiger partial charge < -0.3 is 20.1 Å². The number of ether oxygens (including phenoxy) is 2. The van der Waals surface area contributed by atoms with Gasteiger partial charge in [0, 0.05) is 6.42 Å². The van der Waals surface area contributed by atoms with Crippen molar-refractivity contribution in [2.24, 2.45) is 0 Å². The first-order valence-electron chi connectivity index (χ1n) is 7.11. The van der Waals surface area contributed by atoms with E-state index in [0.29, 0.717) is 17.1 Å². The van der Waals surface area contributed by atoms with E-state index in [1.165, 1.54) is 0 Å². The fourth-order valence-electron chi connectivity index (χ4n) is 2.22. The molecule has 20 heavy (non-hydrogen) atoms. The predicted molar refractivity (Wildman–Crippen MR) is 77.3 cm³/mol. The van der Waals surface area contributed by atoms with Gasteiger partial charge in [-0.05, 0) is 38.1 Å². The fourth-order valence-corrected chi connectivity index (χ4v) is 2.22. The SMILES string of the molecule is CCCNCCCC1NC(=O)c2cccc(OC)c2O1. The number of hydrogen-bond acceptors (Lipinski definition) is 4. The Morgan fingerprint density at radius 2 is 2.25 bits per heavy atom. The van der Waals surface area contributed by atoms with Crippen LogP contribution in [-0.4, -0.2) is 32.3 Å². The van der Waals surface area contributed by atoms with Gasteiger partial charge in [-0.25, -0.2) is 0 Å². The summed E-state index contributed by atoms with van der Waals surface area (Å²) in [4.78, 5) is 12.0. The number of fused-ring (bicyclic) bond motifs is 1. The molecule has 1 aromatic carbocycles. The molecule has 1 aliphatic heterocycles. The lowest BCUT2D eigenvalue weighted by molar-refractivity contribution is 0.0725. The zero-order valence-corrected chi connectivity index (χ0v) is 12.1. The maximum Gasteiger partial charge on any atom is 0.257 e. The molecule has 0 saturated heterocycles. The minimum atomic E-state index is -0.283. The number of carbonyl (C=O) groups is 1. The lowest BCUT2D eigenvalue weighted by atomic mass is 10.1. The number of benzene rings is 1. The number of rotatable bonds is 7. The highest BCUT2D eigenvalue weighted by molar-refractivity contribution is 5.98. The van der Waals surface area contributed by atoms with Crippen LogP contribution in [0.4, 0.5) is 0 Å². The highest BCUT2D eigenvalue weighted by Gasteiger charge is 2.27. The van der Waals surface area contributed by atoms with E-state index in [-0.39, 0.29) is 12.1 Å². The molecule has 1 unspecified atom stereocenters. The van der Waals surface area contributed by atoms with Gasteiger partial charge in [-0.15, -0.1) is 0 Å². The number of nitrogens with one attached hydrogen (secondary N) is 2. The average Bonchev–Trinajstić information content (AvgIpc) is 2.46. The van der Waals surface area contributed by atoms with Crippen molar-refractivity contribution in [1.82, 2.24) is 10.6 Å². The van der Waals surface area contributed by atoms with Crippen LogP contribution in [-0.2, 0) is 0 Å². The molecule has 0 aromatic heterocycles. The summed E-state index contributed by atoms with van der Waals surface area (Å²) in [6.45, 7) is 4.09. The monoisotopic (exact) mass is 278 g/mol. The molecule has 5 nitrogen and oxygen atoms in total. The number of amides is 1. The van der Waals surface area contributed by atoms with Crippen molar-refractivity contribution < 1.29 is 14.3 Å². The Bertz CT molecular complexity index is 462. The molecular weight excluding hydrogens is 256 g/mol. The van der Waals surface area contributed by atoms with E-state index in [1.807, 2.05) is 0 Å². The van der Waals surface area contributed by atoms with Gasteiger partial charge in [0.25, 0.3) is 5.91 Å². The van der Waals surface area contributed by atoms with Gasteiger partial charge in [0.2, 0.25) is 0 Å². The van der Waals surface area contributed by atoms with Gasteiger partial charge in [0.15, 0.2) is 17.7 Å².